The van der Waals surface area contributed by atoms with Gasteiger partial charge < -0.3 is 5.73 Å². The summed E-state index contributed by atoms with van der Waals surface area (Å²) in [6.45, 7) is 6.72. The van der Waals surface area contributed by atoms with Crippen LogP contribution in [-0.2, 0) is 0 Å². The van der Waals surface area contributed by atoms with E-state index in [0.717, 1.165) is 12.3 Å². The zero-order valence-electron chi connectivity index (χ0n) is 10.7. The van der Waals surface area contributed by atoms with Gasteiger partial charge in [-0.3, -0.25) is 0 Å². The van der Waals surface area contributed by atoms with Crippen LogP contribution in [0.4, 0.5) is 0 Å². The van der Waals surface area contributed by atoms with E-state index in [1.54, 1.807) is 0 Å². The minimum Gasteiger partial charge on any atom is -0.328 e. The summed E-state index contributed by atoms with van der Waals surface area (Å²) >= 11 is 0. The summed E-state index contributed by atoms with van der Waals surface area (Å²) in [5.41, 5.74) is 10.4. The van der Waals surface area contributed by atoms with Crippen molar-refractivity contribution >= 4 is 0 Å². The van der Waals surface area contributed by atoms with Crippen molar-refractivity contribution in [3.63, 3.8) is 0 Å². The molecule has 1 aromatic carbocycles. The minimum absolute atomic E-state index is 0.398. The van der Waals surface area contributed by atoms with Crippen LogP contribution in [-0.4, -0.2) is 6.04 Å². The third kappa shape index (κ3) is 2.46. The van der Waals surface area contributed by atoms with E-state index in [1.165, 1.54) is 29.5 Å². The summed E-state index contributed by atoms with van der Waals surface area (Å²) in [4.78, 5) is 0. The van der Waals surface area contributed by atoms with Gasteiger partial charge in [0.05, 0.1) is 0 Å². The Kier molecular flexibility index (Phi) is 3.34. The second-order valence-corrected chi connectivity index (χ2v) is 5.63. The van der Waals surface area contributed by atoms with Crippen LogP contribution in [0.1, 0.15) is 48.8 Å². The summed E-state index contributed by atoms with van der Waals surface area (Å²) in [6.07, 6.45) is 3.66. The number of rotatable bonds is 1. The number of hydrogen-bond donors (Lipinski definition) is 1. The van der Waals surface area contributed by atoms with E-state index < -0.39 is 0 Å². The molecule has 1 saturated carbocycles. The van der Waals surface area contributed by atoms with Crippen LogP contribution in [0.3, 0.4) is 0 Å². The molecule has 0 heterocycles. The third-order valence-corrected chi connectivity index (χ3v) is 3.84. The fraction of sp³-hybridized carbons (Fsp3) is 0.600. The van der Waals surface area contributed by atoms with E-state index in [-0.39, 0.29) is 0 Å². The highest BCUT2D eigenvalue weighted by atomic mass is 14.6. The second kappa shape index (κ2) is 4.58. The van der Waals surface area contributed by atoms with Crippen molar-refractivity contribution in [3.05, 3.63) is 34.9 Å². The molecule has 0 bridgehead atoms. The Bertz CT molecular complexity index is 360. The molecule has 88 valence electrons. The number of nitrogens with two attached hydrogens (primary N) is 1. The predicted molar refractivity (Wildman–Crippen MR) is 69.6 cm³/mol. The molecule has 2 rings (SSSR count). The predicted octanol–water partition coefficient (Wildman–Crippen LogP) is 3.53. The van der Waals surface area contributed by atoms with Crippen molar-refractivity contribution < 1.29 is 0 Å². The van der Waals surface area contributed by atoms with Gasteiger partial charge in [-0.1, -0.05) is 30.7 Å². The Morgan fingerprint density at radius 3 is 2.50 bits per heavy atom. The Labute approximate surface area is 99.0 Å². The highest BCUT2D eigenvalue weighted by molar-refractivity contribution is 5.33. The average Bonchev–Trinajstić information content (AvgIpc) is 2.15. The first kappa shape index (κ1) is 11.7. The summed E-state index contributed by atoms with van der Waals surface area (Å²) in [5, 5.41) is 0. The number of aryl methyl sites for hydroxylation is 2. The van der Waals surface area contributed by atoms with Crippen molar-refractivity contribution in [2.45, 2.75) is 52.0 Å². The molecule has 1 nitrogen and oxygen atoms in total. The van der Waals surface area contributed by atoms with Crippen LogP contribution >= 0.6 is 0 Å². The van der Waals surface area contributed by atoms with Gasteiger partial charge in [-0.15, -0.1) is 0 Å². The molecule has 2 N–H and O–H groups in total. The van der Waals surface area contributed by atoms with E-state index in [1.807, 2.05) is 0 Å². The fourth-order valence-electron chi connectivity index (χ4n) is 3.19. The third-order valence-electron chi connectivity index (χ3n) is 3.84. The molecule has 1 aliphatic rings. The van der Waals surface area contributed by atoms with E-state index in [4.69, 9.17) is 5.73 Å². The first-order chi connectivity index (χ1) is 7.56. The average molecular weight is 217 g/mol. The van der Waals surface area contributed by atoms with Crippen LogP contribution in [0.25, 0.3) is 0 Å². The molecular weight excluding hydrogens is 194 g/mol. The fourth-order valence-corrected chi connectivity index (χ4v) is 3.19. The van der Waals surface area contributed by atoms with Gasteiger partial charge in [-0.25, -0.2) is 0 Å². The molecule has 0 aliphatic heterocycles. The monoisotopic (exact) mass is 217 g/mol. The Hall–Kier alpha value is -0.820. The van der Waals surface area contributed by atoms with Gasteiger partial charge in [0.25, 0.3) is 0 Å². The molecule has 0 spiro atoms. The SMILES string of the molecule is Cc1ccc(C2CC(C)CC(N)C2)c(C)c1. The molecule has 0 amide bonds. The number of benzene rings is 1. The van der Waals surface area contributed by atoms with Crippen molar-refractivity contribution in [1.82, 2.24) is 0 Å². The van der Waals surface area contributed by atoms with Gasteiger partial charge in [0, 0.05) is 6.04 Å². The smallest absolute Gasteiger partial charge is 0.00471 e. The molecule has 1 aromatic rings. The van der Waals surface area contributed by atoms with E-state index >= 15 is 0 Å². The Balaban J connectivity index is 2.23. The van der Waals surface area contributed by atoms with Crippen molar-refractivity contribution in [2.24, 2.45) is 11.7 Å². The Morgan fingerprint density at radius 2 is 1.88 bits per heavy atom. The lowest BCUT2D eigenvalue weighted by Gasteiger charge is -2.32. The van der Waals surface area contributed by atoms with Gasteiger partial charge in [-0.05, 0) is 56.1 Å². The molecule has 0 radical (unpaired) electrons. The van der Waals surface area contributed by atoms with Gasteiger partial charge in [0.2, 0.25) is 0 Å². The van der Waals surface area contributed by atoms with Crippen LogP contribution in [0, 0.1) is 19.8 Å². The lowest BCUT2D eigenvalue weighted by atomic mass is 9.75. The molecule has 16 heavy (non-hydrogen) atoms. The molecular formula is C15H23N. The van der Waals surface area contributed by atoms with Crippen LogP contribution in [0.5, 0.6) is 0 Å². The summed E-state index contributed by atoms with van der Waals surface area (Å²) in [5.74, 6) is 1.45. The van der Waals surface area contributed by atoms with E-state index in [9.17, 15) is 0 Å². The maximum atomic E-state index is 6.13. The lowest BCUT2D eigenvalue weighted by Crippen LogP contribution is -2.31. The van der Waals surface area contributed by atoms with Gasteiger partial charge in [0.1, 0.15) is 0 Å². The van der Waals surface area contributed by atoms with Crippen LogP contribution < -0.4 is 5.73 Å². The van der Waals surface area contributed by atoms with Gasteiger partial charge in [-0.2, -0.15) is 0 Å². The van der Waals surface area contributed by atoms with E-state index in [0.29, 0.717) is 12.0 Å². The molecule has 0 aromatic heterocycles. The lowest BCUT2D eigenvalue weighted by molar-refractivity contribution is 0.307. The summed E-state index contributed by atoms with van der Waals surface area (Å²) in [6, 6.07) is 7.22. The van der Waals surface area contributed by atoms with E-state index in [2.05, 4.69) is 39.0 Å². The van der Waals surface area contributed by atoms with Crippen LogP contribution in [0.2, 0.25) is 0 Å². The highest BCUT2D eigenvalue weighted by Gasteiger charge is 2.26. The standard InChI is InChI=1S/C15H23N/c1-10-4-5-15(12(3)6-10)13-7-11(2)8-14(16)9-13/h4-6,11,13-14H,7-9,16H2,1-3H3. The Morgan fingerprint density at radius 1 is 1.12 bits per heavy atom. The second-order valence-electron chi connectivity index (χ2n) is 5.63. The van der Waals surface area contributed by atoms with Gasteiger partial charge in [0.15, 0.2) is 0 Å². The van der Waals surface area contributed by atoms with Crippen LogP contribution in [0.15, 0.2) is 18.2 Å². The molecule has 3 unspecified atom stereocenters. The van der Waals surface area contributed by atoms with Crippen molar-refractivity contribution in [3.8, 4) is 0 Å². The molecule has 3 atom stereocenters. The normalized spacial score (nSPS) is 30.4. The highest BCUT2D eigenvalue weighted by Crippen LogP contribution is 2.36. The molecule has 1 heteroatoms. The maximum absolute atomic E-state index is 6.13. The van der Waals surface area contributed by atoms with Crippen molar-refractivity contribution in [1.29, 1.82) is 0 Å². The quantitative estimate of drug-likeness (QED) is 0.765. The van der Waals surface area contributed by atoms with Crippen molar-refractivity contribution in [2.75, 3.05) is 0 Å². The van der Waals surface area contributed by atoms with Gasteiger partial charge >= 0.3 is 0 Å². The molecule has 0 saturated heterocycles. The topological polar surface area (TPSA) is 26.0 Å². The zero-order chi connectivity index (χ0) is 11.7. The first-order valence-corrected chi connectivity index (χ1v) is 6.39. The maximum Gasteiger partial charge on any atom is 0.00471 e. The molecule has 1 aliphatic carbocycles. The largest absolute Gasteiger partial charge is 0.328 e. The molecule has 1 fully saturated rings. The minimum atomic E-state index is 0.398. The summed E-state index contributed by atoms with van der Waals surface area (Å²) < 4.78 is 0. The number of hydrogen-bond acceptors (Lipinski definition) is 1. The first-order valence-electron chi connectivity index (χ1n) is 6.39. The zero-order valence-corrected chi connectivity index (χ0v) is 10.7. The summed E-state index contributed by atoms with van der Waals surface area (Å²) in [7, 11) is 0.